The van der Waals surface area contributed by atoms with E-state index in [-0.39, 0.29) is 17.0 Å². The van der Waals surface area contributed by atoms with Crippen LogP contribution < -0.4 is 10.0 Å². The van der Waals surface area contributed by atoms with Crippen molar-refractivity contribution in [3.63, 3.8) is 0 Å². The maximum atomic E-state index is 12.8. The largest absolute Gasteiger partial charge is 0.359 e. The SMILES string of the molecule is Cc1ccc(C(=O)Nc2c(C)noc2C)cc1S(=O)(=O)NCc1ccccc1. The van der Waals surface area contributed by atoms with Crippen LogP contribution in [0.4, 0.5) is 5.69 Å². The van der Waals surface area contributed by atoms with Crippen LogP contribution >= 0.6 is 0 Å². The molecule has 146 valence electrons. The van der Waals surface area contributed by atoms with Crippen molar-refractivity contribution in [3.05, 3.63) is 76.7 Å². The van der Waals surface area contributed by atoms with Crippen LogP contribution in [0.5, 0.6) is 0 Å². The average molecular weight is 399 g/mol. The number of carbonyl (C=O) groups is 1. The van der Waals surface area contributed by atoms with Gasteiger partial charge in [0.2, 0.25) is 10.0 Å². The van der Waals surface area contributed by atoms with Crippen molar-refractivity contribution in [2.45, 2.75) is 32.2 Å². The Morgan fingerprint density at radius 2 is 1.79 bits per heavy atom. The zero-order valence-corrected chi connectivity index (χ0v) is 16.6. The van der Waals surface area contributed by atoms with Gasteiger partial charge in [-0.25, -0.2) is 13.1 Å². The number of nitrogens with zero attached hydrogens (tertiary/aromatic N) is 1. The Kier molecular flexibility index (Phi) is 5.62. The minimum Gasteiger partial charge on any atom is -0.359 e. The predicted octanol–water partition coefficient (Wildman–Crippen LogP) is 3.33. The van der Waals surface area contributed by atoms with E-state index in [9.17, 15) is 13.2 Å². The molecule has 0 atom stereocenters. The van der Waals surface area contributed by atoms with E-state index >= 15 is 0 Å². The first-order chi connectivity index (χ1) is 13.3. The highest BCUT2D eigenvalue weighted by Gasteiger charge is 2.20. The summed E-state index contributed by atoms with van der Waals surface area (Å²) in [7, 11) is -3.78. The second-order valence-electron chi connectivity index (χ2n) is 6.44. The Morgan fingerprint density at radius 1 is 1.07 bits per heavy atom. The second kappa shape index (κ2) is 7.95. The first-order valence-corrected chi connectivity index (χ1v) is 10.1. The van der Waals surface area contributed by atoms with Gasteiger partial charge in [0.15, 0.2) is 5.76 Å². The quantitative estimate of drug-likeness (QED) is 0.662. The van der Waals surface area contributed by atoms with Gasteiger partial charge in [-0.1, -0.05) is 41.6 Å². The van der Waals surface area contributed by atoms with Gasteiger partial charge in [0, 0.05) is 12.1 Å². The van der Waals surface area contributed by atoms with Gasteiger partial charge in [-0.3, -0.25) is 4.79 Å². The van der Waals surface area contributed by atoms with Crippen molar-refractivity contribution in [2.24, 2.45) is 0 Å². The number of rotatable bonds is 6. The van der Waals surface area contributed by atoms with Crippen molar-refractivity contribution >= 4 is 21.6 Å². The fourth-order valence-corrected chi connectivity index (χ4v) is 4.02. The van der Waals surface area contributed by atoms with Crippen LogP contribution in [0.1, 0.15) is 32.9 Å². The van der Waals surface area contributed by atoms with Gasteiger partial charge < -0.3 is 9.84 Å². The molecule has 2 N–H and O–H groups in total. The minimum atomic E-state index is -3.78. The first-order valence-electron chi connectivity index (χ1n) is 8.66. The molecule has 0 aliphatic rings. The molecule has 0 aliphatic heterocycles. The number of aromatic nitrogens is 1. The molecule has 3 rings (SSSR count). The molecule has 0 aliphatic carbocycles. The van der Waals surface area contributed by atoms with E-state index in [1.54, 1.807) is 32.9 Å². The topological polar surface area (TPSA) is 101 Å². The number of hydrogen-bond donors (Lipinski definition) is 2. The highest BCUT2D eigenvalue weighted by atomic mass is 32.2. The molecule has 1 aromatic heterocycles. The van der Waals surface area contributed by atoms with E-state index < -0.39 is 15.9 Å². The van der Waals surface area contributed by atoms with Gasteiger partial charge in [0.1, 0.15) is 11.4 Å². The Balaban J connectivity index is 1.83. The standard InChI is InChI=1S/C20H21N3O4S/c1-13-9-10-17(20(24)22-19-14(2)23-27-15(19)3)11-18(13)28(25,26)21-12-16-7-5-4-6-8-16/h4-11,21H,12H2,1-3H3,(H,22,24). The molecule has 0 spiro atoms. The molecule has 0 fully saturated rings. The lowest BCUT2D eigenvalue weighted by Crippen LogP contribution is -2.24. The zero-order valence-electron chi connectivity index (χ0n) is 15.8. The molecule has 28 heavy (non-hydrogen) atoms. The van der Waals surface area contributed by atoms with Gasteiger partial charge in [-0.15, -0.1) is 0 Å². The Labute approximate surface area is 163 Å². The number of carbonyl (C=O) groups excluding carboxylic acids is 1. The van der Waals surface area contributed by atoms with E-state index in [4.69, 9.17) is 4.52 Å². The summed E-state index contributed by atoms with van der Waals surface area (Å²) in [4.78, 5) is 12.7. The van der Waals surface area contributed by atoms with Gasteiger partial charge >= 0.3 is 0 Å². The molecule has 8 heteroatoms. The highest BCUT2D eigenvalue weighted by molar-refractivity contribution is 7.89. The third-order valence-electron chi connectivity index (χ3n) is 4.32. The second-order valence-corrected chi connectivity index (χ2v) is 8.18. The summed E-state index contributed by atoms with van der Waals surface area (Å²) >= 11 is 0. The number of hydrogen-bond acceptors (Lipinski definition) is 5. The molecule has 3 aromatic rings. The first kappa shape index (κ1) is 19.8. The molecule has 0 unspecified atom stereocenters. The summed E-state index contributed by atoms with van der Waals surface area (Å²) in [6, 6.07) is 13.8. The monoisotopic (exact) mass is 399 g/mol. The van der Waals surface area contributed by atoms with Crippen molar-refractivity contribution in [1.82, 2.24) is 9.88 Å². The van der Waals surface area contributed by atoms with E-state index in [2.05, 4.69) is 15.2 Å². The molecule has 0 bridgehead atoms. The van der Waals surface area contributed by atoms with E-state index in [0.29, 0.717) is 22.7 Å². The maximum Gasteiger partial charge on any atom is 0.255 e. The highest BCUT2D eigenvalue weighted by Crippen LogP contribution is 2.22. The van der Waals surface area contributed by atoms with Crippen LogP contribution in [-0.4, -0.2) is 19.5 Å². The van der Waals surface area contributed by atoms with E-state index in [0.717, 1.165) is 5.56 Å². The normalized spacial score (nSPS) is 11.4. The maximum absolute atomic E-state index is 12.8. The molecule has 0 saturated carbocycles. The van der Waals surface area contributed by atoms with Crippen LogP contribution in [0, 0.1) is 20.8 Å². The van der Waals surface area contributed by atoms with E-state index in [1.807, 2.05) is 30.3 Å². The Bertz CT molecular complexity index is 1090. The third-order valence-corrected chi connectivity index (χ3v) is 5.86. The van der Waals surface area contributed by atoms with Gasteiger partial charge in [0.05, 0.1) is 4.90 Å². The van der Waals surface area contributed by atoms with Crippen LogP contribution in [0.3, 0.4) is 0 Å². The lowest BCUT2D eigenvalue weighted by Gasteiger charge is -2.11. The predicted molar refractivity (Wildman–Crippen MR) is 106 cm³/mol. The Hall–Kier alpha value is -2.97. The number of anilines is 1. The van der Waals surface area contributed by atoms with Crippen LogP contribution in [0.2, 0.25) is 0 Å². The summed E-state index contributed by atoms with van der Waals surface area (Å²) in [5, 5.41) is 6.51. The van der Waals surface area contributed by atoms with Crippen molar-refractivity contribution in [2.75, 3.05) is 5.32 Å². The average Bonchev–Trinajstić information content (AvgIpc) is 2.99. The van der Waals surface area contributed by atoms with Gasteiger partial charge in [-0.2, -0.15) is 0 Å². The van der Waals surface area contributed by atoms with Crippen molar-refractivity contribution in [1.29, 1.82) is 0 Å². The number of amides is 1. The summed E-state index contributed by atoms with van der Waals surface area (Å²) in [6.45, 7) is 5.25. The molecule has 0 saturated heterocycles. The molecular weight excluding hydrogens is 378 g/mol. The third kappa shape index (κ3) is 4.29. The van der Waals surface area contributed by atoms with Crippen LogP contribution in [0.15, 0.2) is 57.9 Å². The van der Waals surface area contributed by atoms with E-state index in [1.165, 1.54) is 6.07 Å². The zero-order chi connectivity index (χ0) is 20.3. The summed E-state index contributed by atoms with van der Waals surface area (Å²) in [5.41, 5.74) is 2.66. The fourth-order valence-electron chi connectivity index (χ4n) is 2.73. The molecular formula is C20H21N3O4S. The fraction of sp³-hybridized carbons (Fsp3) is 0.200. The summed E-state index contributed by atoms with van der Waals surface area (Å²) in [6.07, 6.45) is 0. The smallest absolute Gasteiger partial charge is 0.255 e. The summed E-state index contributed by atoms with van der Waals surface area (Å²) in [5.74, 6) is 0.0456. The molecule has 0 radical (unpaired) electrons. The lowest BCUT2D eigenvalue weighted by atomic mass is 10.1. The van der Waals surface area contributed by atoms with Crippen molar-refractivity contribution < 1.29 is 17.7 Å². The number of benzene rings is 2. The molecule has 1 heterocycles. The van der Waals surface area contributed by atoms with Gasteiger partial charge in [0.25, 0.3) is 5.91 Å². The molecule has 1 amide bonds. The lowest BCUT2D eigenvalue weighted by molar-refractivity contribution is 0.102. The summed E-state index contributed by atoms with van der Waals surface area (Å²) < 4.78 is 33.1. The molecule has 7 nitrogen and oxygen atoms in total. The van der Waals surface area contributed by atoms with Crippen LogP contribution in [0.25, 0.3) is 0 Å². The van der Waals surface area contributed by atoms with Gasteiger partial charge in [-0.05, 0) is 44.0 Å². The Morgan fingerprint density at radius 3 is 2.43 bits per heavy atom. The number of aryl methyl sites for hydroxylation is 3. The molecule has 2 aromatic carbocycles. The van der Waals surface area contributed by atoms with Crippen molar-refractivity contribution in [3.8, 4) is 0 Å². The van der Waals surface area contributed by atoms with Crippen LogP contribution in [-0.2, 0) is 16.6 Å². The number of nitrogens with one attached hydrogen (secondary N) is 2. The number of sulfonamides is 1. The minimum absolute atomic E-state index is 0.0647.